The lowest BCUT2D eigenvalue weighted by Gasteiger charge is -2.37. The van der Waals surface area contributed by atoms with Gasteiger partial charge in [0.2, 0.25) is 0 Å². The molecule has 18 heavy (non-hydrogen) atoms. The van der Waals surface area contributed by atoms with Crippen LogP contribution in [0.25, 0.3) is 0 Å². The van der Waals surface area contributed by atoms with Crippen LogP contribution < -0.4 is 4.74 Å². The summed E-state index contributed by atoms with van der Waals surface area (Å²) in [5.41, 5.74) is 0. The third kappa shape index (κ3) is 3.26. The van der Waals surface area contributed by atoms with Gasteiger partial charge in [-0.15, -0.1) is 0 Å². The Bertz CT molecular complexity index is 424. The average Bonchev–Trinajstić information content (AvgIpc) is 2.27. The van der Waals surface area contributed by atoms with Crippen molar-refractivity contribution in [3.05, 3.63) is 42.7 Å². The normalized spacial score (nSPS) is 14.8. The van der Waals surface area contributed by atoms with Crippen molar-refractivity contribution in [2.75, 3.05) is 19.7 Å². The zero-order valence-electron chi connectivity index (χ0n) is 10.5. The van der Waals surface area contributed by atoms with Crippen LogP contribution in [0, 0.1) is 5.92 Å². The van der Waals surface area contributed by atoms with Crippen molar-refractivity contribution in [2.45, 2.75) is 6.92 Å². The summed E-state index contributed by atoms with van der Waals surface area (Å²) in [5.74, 6) is 1.66. The molecule has 0 bridgehead atoms. The highest BCUT2D eigenvalue weighted by Crippen LogP contribution is 2.19. The van der Waals surface area contributed by atoms with E-state index < -0.39 is 0 Å². The number of para-hydroxylation sites is 1. The van der Waals surface area contributed by atoms with Gasteiger partial charge in [-0.3, -0.25) is 0 Å². The van der Waals surface area contributed by atoms with Gasteiger partial charge in [0.15, 0.2) is 0 Å². The first-order chi connectivity index (χ1) is 8.65. The number of benzene rings is 1. The topological polar surface area (TPSA) is 38.8 Å². The molecule has 1 amide bonds. The molecule has 1 fully saturated rings. The second-order valence-electron chi connectivity index (χ2n) is 4.47. The molecular weight excluding hydrogens is 230 g/mol. The Hall–Kier alpha value is -1.97. The molecule has 1 aromatic carbocycles. The van der Waals surface area contributed by atoms with Gasteiger partial charge in [-0.1, -0.05) is 24.8 Å². The van der Waals surface area contributed by atoms with E-state index in [1.807, 2.05) is 30.3 Å². The summed E-state index contributed by atoms with van der Waals surface area (Å²) in [5, 5.41) is 0. The van der Waals surface area contributed by atoms with E-state index >= 15 is 0 Å². The maximum Gasteiger partial charge on any atom is 0.414 e. The number of nitrogens with zero attached hydrogens (tertiary/aromatic N) is 1. The minimum Gasteiger partial charge on any atom is -0.493 e. The standard InChI is InChI=1S/C14H17NO3/c1-11(2)18-14(16)15-8-12(9-15)10-17-13-6-4-3-5-7-13/h3-7,12H,1,8-10H2,2H3. The van der Waals surface area contributed by atoms with Crippen molar-refractivity contribution in [1.29, 1.82) is 0 Å². The van der Waals surface area contributed by atoms with Crippen LogP contribution >= 0.6 is 0 Å². The van der Waals surface area contributed by atoms with E-state index in [4.69, 9.17) is 9.47 Å². The summed E-state index contributed by atoms with van der Waals surface area (Å²) in [4.78, 5) is 13.1. The van der Waals surface area contributed by atoms with Gasteiger partial charge in [-0.05, 0) is 19.1 Å². The van der Waals surface area contributed by atoms with Gasteiger partial charge in [0, 0.05) is 19.0 Å². The van der Waals surface area contributed by atoms with Crippen molar-refractivity contribution in [3.63, 3.8) is 0 Å². The van der Waals surface area contributed by atoms with Gasteiger partial charge in [0.05, 0.1) is 12.4 Å². The second-order valence-corrected chi connectivity index (χ2v) is 4.47. The van der Waals surface area contributed by atoms with Crippen molar-refractivity contribution in [2.24, 2.45) is 5.92 Å². The number of carbonyl (C=O) groups is 1. The van der Waals surface area contributed by atoms with Gasteiger partial charge in [-0.2, -0.15) is 0 Å². The fourth-order valence-corrected chi connectivity index (χ4v) is 1.77. The molecule has 1 aliphatic heterocycles. The SMILES string of the molecule is C=C(C)OC(=O)N1CC(COc2ccccc2)C1. The Kier molecular flexibility index (Phi) is 3.87. The van der Waals surface area contributed by atoms with E-state index in [0.717, 1.165) is 5.75 Å². The summed E-state index contributed by atoms with van der Waals surface area (Å²) in [6.45, 7) is 7.18. The Morgan fingerprint density at radius 3 is 2.67 bits per heavy atom. The summed E-state index contributed by atoms with van der Waals surface area (Å²) in [7, 11) is 0. The molecule has 0 atom stereocenters. The fourth-order valence-electron chi connectivity index (χ4n) is 1.77. The summed E-state index contributed by atoms with van der Waals surface area (Å²) >= 11 is 0. The lowest BCUT2D eigenvalue weighted by Crippen LogP contribution is -2.52. The molecule has 1 aromatic rings. The maximum absolute atomic E-state index is 11.5. The zero-order valence-corrected chi connectivity index (χ0v) is 10.5. The third-order valence-corrected chi connectivity index (χ3v) is 2.71. The van der Waals surface area contributed by atoms with E-state index in [-0.39, 0.29) is 6.09 Å². The summed E-state index contributed by atoms with van der Waals surface area (Å²) < 4.78 is 10.5. The predicted molar refractivity (Wildman–Crippen MR) is 68.3 cm³/mol. The first-order valence-corrected chi connectivity index (χ1v) is 5.95. The predicted octanol–water partition coefficient (Wildman–Crippen LogP) is 2.67. The highest BCUT2D eigenvalue weighted by atomic mass is 16.6. The van der Waals surface area contributed by atoms with Crippen LogP contribution in [-0.4, -0.2) is 30.7 Å². The van der Waals surface area contributed by atoms with E-state index in [0.29, 0.717) is 31.4 Å². The molecule has 0 aromatic heterocycles. The number of rotatable bonds is 4. The minimum atomic E-state index is -0.321. The first kappa shape index (κ1) is 12.5. The van der Waals surface area contributed by atoms with Crippen LogP contribution in [0.4, 0.5) is 4.79 Å². The number of amides is 1. The van der Waals surface area contributed by atoms with Crippen LogP contribution in [0.15, 0.2) is 42.7 Å². The molecule has 0 saturated carbocycles. The Labute approximate surface area is 107 Å². The molecule has 0 N–H and O–H groups in total. The molecule has 4 heteroatoms. The van der Waals surface area contributed by atoms with Crippen LogP contribution in [0.3, 0.4) is 0 Å². The second kappa shape index (κ2) is 5.58. The highest BCUT2D eigenvalue weighted by Gasteiger charge is 2.32. The van der Waals surface area contributed by atoms with Crippen molar-refractivity contribution < 1.29 is 14.3 Å². The molecular formula is C14H17NO3. The minimum absolute atomic E-state index is 0.321. The molecule has 0 unspecified atom stereocenters. The Balaban J connectivity index is 1.67. The molecule has 4 nitrogen and oxygen atoms in total. The molecule has 0 aliphatic carbocycles. The number of hydrogen-bond acceptors (Lipinski definition) is 3. The van der Waals surface area contributed by atoms with Crippen molar-refractivity contribution in [3.8, 4) is 5.75 Å². The molecule has 2 rings (SSSR count). The van der Waals surface area contributed by atoms with Gasteiger partial charge < -0.3 is 14.4 Å². The van der Waals surface area contributed by atoms with Crippen molar-refractivity contribution >= 4 is 6.09 Å². The molecule has 1 heterocycles. The van der Waals surface area contributed by atoms with Gasteiger partial charge in [-0.25, -0.2) is 4.79 Å². The number of hydrogen-bond donors (Lipinski definition) is 0. The first-order valence-electron chi connectivity index (χ1n) is 5.95. The largest absolute Gasteiger partial charge is 0.493 e. The average molecular weight is 247 g/mol. The number of likely N-dealkylation sites (tertiary alicyclic amines) is 1. The highest BCUT2D eigenvalue weighted by molar-refractivity contribution is 5.69. The molecule has 1 saturated heterocycles. The van der Waals surface area contributed by atoms with E-state index in [1.165, 1.54) is 0 Å². The zero-order chi connectivity index (χ0) is 13.0. The van der Waals surface area contributed by atoms with E-state index in [1.54, 1.807) is 11.8 Å². The van der Waals surface area contributed by atoms with Crippen LogP contribution in [0.5, 0.6) is 5.75 Å². The van der Waals surface area contributed by atoms with Crippen LogP contribution in [-0.2, 0) is 4.74 Å². The Morgan fingerprint density at radius 2 is 2.06 bits per heavy atom. The molecule has 0 spiro atoms. The smallest absolute Gasteiger partial charge is 0.414 e. The quantitative estimate of drug-likeness (QED) is 0.768. The van der Waals surface area contributed by atoms with Crippen molar-refractivity contribution in [1.82, 2.24) is 4.90 Å². The summed E-state index contributed by atoms with van der Waals surface area (Å²) in [6, 6.07) is 9.67. The molecule has 96 valence electrons. The third-order valence-electron chi connectivity index (χ3n) is 2.71. The number of ether oxygens (including phenoxy) is 2. The fraction of sp³-hybridized carbons (Fsp3) is 0.357. The Morgan fingerprint density at radius 1 is 1.39 bits per heavy atom. The maximum atomic E-state index is 11.5. The van der Waals surface area contributed by atoms with Crippen LogP contribution in [0.1, 0.15) is 6.92 Å². The van der Waals surface area contributed by atoms with Gasteiger partial charge in [0.1, 0.15) is 5.75 Å². The van der Waals surface area contributed by atoms with E-state index in [9.17, 15) is 4.79 Å². The van der Waals surface area contributed by atoms with E-state index in [2.05, 4.69) is 6.58 Å². The molecule has 1 aliphatic rings. The van der Waals surface area contributed by atoms with Gasteiger partial charge in [0.25, 0.3) is 0 Å². The molecule has 0 radical (unpaired) electrons. The van der Waals surface area contributed by atoms with Gasteiger partial charge >= 0.3 is 6.09 Å². The number of allylic oxidation sites excluding steroid dienone is 1. The summed E-state index contributed by atoms with van der Waals surface area (Å²) in [6.07, 6.45) is -0.321. The lowest BCUT2D eigenvalue weighted by atomic mass is 10.0. The lowest BCUT2D eigenvalue weighted by molar-refractivity contribution is 0.0511. The van der Waals surface area contributed by atoms with Crippen LogP contribution in [0.2, 0.25) is 0 Å². The monoisotopic (exact) mass is 247 g/mol. The number of carbonyl (C=O) groups excluding carboxylic acids is 1.